The van der Waals surface area contributed by atoms with Gasteiger partial charge in [0.25, 0.3) is 0 Å². The van der Waals surface area contributed by atoms with Crippen LogP contribution in [0, 0.1) is 11.3 Å². The Kier molecular flexibility index (Phi) is 4.06. The van der Waals surface area contributed by atoms with Crippen LogP contribution in [0.2, 0.25) is 0 Å². The Balaban J connectivity index is 0.000000367. The average Bonchev–Trinajstić information content (AvgIpc) is 3.04. The third-order valence-electron chi connectivity index (χ3n) is 2.92. The molecule has 0 unspecified atom stereocenters. The molecule has 3 rings (SSSR count). The summed E-state index contributed by atoms with van der Waals surface area (Å²) in [6.07, 6.45) is 2.05. The summed E-state index contributed by atoms with van der Waals surface area (Å²) in [5.74, 6) is 0. The van der Waals surface area contributed by atoms with E-state index in [1.165, 1.54) is 15.0 Å². The van der Waals surface area contributed by atoms with Gasteiger partial charge in [-0.25, -0.2) is 0 Å². The van der Waals surface area contributed by atoms with Gasteiger partial charge >= 0.3 is 0 Å². The highest BCUT2D eigenvalue weighted by molar-refractivity contribution is 9.10. The second-order valence-electron chi connectivity index (χ2n) is 4.30. The number of aliphatic hydroxyl groups excluding tert-OH is 1. The highest BCUT2D eigenvalue weighted by atomic mass is 79.9. The molecule has 0 amide bonds. The standard InChI is InChI=1S/C12H8BrNS.C2H6O/c13-9-2-1-8-5-11(15-10(8)6-9)12(7-14)3-4-12;1-2-3/h1-2,5-6H,3-4H2;3H,2H2,1H3. The van der Waals surface area contributed by atoms with Crippen LogP contribution in [0.5, 0.6) is 0 Å². The zero-order valence-corrected chi connectivity index (χ0v) is 12.5. The zero-order chi connectivity index (χ0) is 13.2. The minimum absolute atomic E-state index is 0.143. The van der Waals surface area contributed by atoms with Crippen molar-refractivity contribution < 1.29 is 5.11 Å². The Bertz CT molecular complexity index is 595. The van der Waals surface area contributed by atoms with Gasteiger partial charge in [-0.15, -0.1) is 11.3 Å². The monoisotopic (exact) mass is 323 g/mol. The van der Waals surface area contributed by atoms with E-state index in [4.69, 9.17) is 10.4 Å². The SMILES string of the molecule is CCO.N#CC1(c2cc3ccc(Br)cc3s2)CC1. The van der Waals surface area contributed by atoms with Crippen molar-refractivity contribution in [2.24, 2.45) is 0 Å². The third-order valence-corrected chi connectivity index (χ3v) is 4.71. The van der Waals surface area contributed by atoms with Crippen LogP contribution in [0.25, 0.3) is 10.1 Å². The van der Waals surface area contributed by atoms with E-state index in [2.05, 4.69) is 40.2 Å². The smallest absolute Gasteiger partial charge is 0.0916 e. The summed E-state index contributed by atoms with van der Waals surface area (Å²) in [5, 5.41) is 18.0. The second kappa shape index (κ2) is 5.40. The molecule has 1 aromatic heterocycles. The molecule has 1 aromatic carbocycles. The Morgan fingerprint density at radius 1 is 1.44 bits per heavy atom. The van der Waals surface area contributed by atoms with Crippen LogP contribution in [0.1, 0.15) is 24.6 Å². The number of aliphatic hydroxyl groups is 1. The molecule has 1 N–H and O–H groups in total. The number of thiophene rings is 1. The normalized spacial score (nSPS) is 15.7. The van der Waals surface area contributed by atoms with Crippen LogP contribution in [0.3, 0.4) is 0 Å². The minimum Gasteiger partial charge on any atom is -0.397 e. The van der Waals surface area contributed by atoms with Gasteiger partial charge in [-0.1, -0.05) is 22.0 Å². The number of nitrogens with zero attached hydrogens (tertiary/aromatic N) is 1. The zero-order valence-electron chi connectivity index (χ0n) is 10.1. The third kappa shape index (κ3) is 2.59. The maximum absolute atomic E-state index is 9.14. The minimum atomic E-state index is -0.143. The topological polar surface area (TPSA) is 44.0 Å². The van der Waals surface area contributed by atoms with Crippen molar-refractivity contribution in [3.05, 3.63) is 33.6 Å². The number of hydrogen-bond donors (Lipinski definition) is 1. The van der Waals surface area contributed by atoms with Gasteiger partial charge in [0.15, 0.2) is 0 Å². The summed E-state index contributed by atoms with van der Waals surface area (Å²) < 4.78 is 2.37. The molecule has 1 aliphatic rings. The highest BCUT2D eigenvalue weighted by Gasteiger charge is 2.46. The molecule has 94 valence electrons. The predicted molar refractivity (Wildman–Crippen MR) is 78.8 cm³/mol. The molecule has 18 heavy (non-hydrogen) atoms. The van der Waals surface area contributed by atoms with Gasteiger partial charge in [0, 0.05) is 20.7 Å². The molecule has 1 aliphatic carbocycles. The number of fused-ring (bicyclic) bond motifs is 1. The maximum Gasteiger partial charge on any atom is 0.0916 e. The van der Waals surface area contributed by atoms with E-state index in [0.29, 0.717) is 0 Å². The van der Waals surface area contributed by atoms with Crippen molar-refractivity contribution in [1.82, 2.24) is 0 Å². The first kappa shape index (κ1) is 13.5. The fourth-order valence-corrected chi connectivity index (χ4v) is 3.59. The molecule has 0 bridgehead atoms. The van der Waals surface area contributed by atoms with Crippen LogP contribution in [0.4, 0.5) is 0 Å². The molecule has 0 aliphatic heterocycles. The Morgan fingerprint density at radius 2 is 2.11 bits per heavy atom. The summed E-state index contributed by atoms with van der Waals surface area (Å²) in [6, 6.07) is 10.9. The van der Waals surface area contributed by atoms with E-state index in [0.717, 1.165) is 17.3 Å². The molecule has 1 saturated carbocycles. The molecule has 1 heterocycles. The lowest BCUT2D eigenvalue weighted by Crippen LogP contribution is -1.97. The van der Waals surface area contributed by atoms with Gasteiger partial charge in [-0.2, -0.15) is 5.26 Å². The van der Waals surface area contributed by atoms with E-state index < -0.39 is 0 Å². The van der Waals surface area contributed by atoms with Crippen LogP contribution in [-0.4, -0.2) is 11.7 Å². The van der Waals surface area contributed by atoms with Crippen molar-refractivity contribution in [1.29, 1.82) is 5.26 Å². The van der Waals surface area contributed by atoms with Gasteiger partial charge in [0.05, 0.1) is 11.5 Å². The molecule has 0 saturated heterocycles. The average molecular weight is 324 g/mol. The van der Waals surface area contributed by atoms with Crippen LogP contribution < -0.4 is 0 Å². The number of rotatable bonds is 1. The predicted octanol–water partition coefficient (Wildman–Crippen LogP) is 4.22. The van der Waals surface area contributed by atoms with Crippen molar-refractivity contribution >= 4 is 37.4 Å². The van der Waals surface area contributed by atoms with Crippen molar-refractivity contribution in [3.8, 4) is 6.07 Å². The van der Waals surface area contributed by atoms with Crippen molar-refractivity contribution in [2.45, 2.75) is 25.2 Å². The van der Waals surface area contributed by atoms with E-state index in [1.54, 1.807) is 18.3 Å². The van der Waals surface area contributed by atoms with E-state index >= 15 is 0 Å². The number of benzene rings is 1. The van der Waals surface area contributed by atoms with Gasteiger partial charge in [0.2, 0.25) is 0 Å². The van der Waals surface area contributed by atoms with E-state index in [9.17, 15) is 0 Å². The van der Waals surface area contributed by atoms with Crippen molar-refractivity contribution in [3.63, 3.8) is 0 Å². The molecule has 2 aromatic rings. The maximum atomic E-state index is 9.14. The lowest BCUT2D eigenvalue weighted by Gasteiger charge is -1.97. The van der Waals surface area contributed by atoms with E-state index in [-0.39, 0.29) is 12.0 Å². The summed E-state index contributed by atoms with van der Waals surface area (Å²) in [7, 11) is 0. The van der Waals surface area contributed by atoms with Gasteiger partial charge in [-0.05, 0) is 43.4 Å². The molecule has 1 fully saturated rings. The van der Waals surface area contributed by atoms with Crippen LogP contribution >= 0.6 is 27.3 Å². The molecule has 2 nitrogen and oxygen atoms in total. The van der Waals surface area contributed by atoms with Crippen LogP contribution in [-0.2, 0) is 5.41 Å². The quantitative estimate of drug-likeness (QED) is 0.853. The molecular formula is C14H14BrNOS. The summed E-state index contributed by atoms with van der Waals surface area (Å²) >= 11 is 5.22. The van der Waals surface area contributed by atoms with Crippen LogP contribution in [0.15, 0.2) is 28.7 Å². The Labute approximate surface area is 119 Å². The number of hydrogen-bond acceptors (Lipinski definition) is 3. The first-order chi connectivity index (χ1) is 8.65. The summed E-state index contributed by atoms with van der Waals surface area (Å²) in [4.78, 5) is 1.23. The van der Waals surface area contributed by atoms with E-state index in [1.807, 2.05) is 6.07 Å². The Morgan fingerprint density at radius 3 is 2.67 bits per heavy atom. The first-order valence-electron chi connectivity index (χ1n) is 5.87. The lowest BCUT2D eigenvalue weighted by atomic mass is 10.1. The highest BCUT2D eigenvalue weighted by Crippen LogP contribution is 2.51. The second-order valence-corrected chi connectivity index (χ2v) is 6.30. The largest absolute Gasteiger partial charge is 0.397 e. The fraction of sp³-hybridized carbons (Fsp3) is 0.357. The van der Waals surface area contributed by atoms with Gasteiger partial charge in [0.1, 0.15) is 0 Å². The number of nitriles is 1. The fourth-order valence-electron chi connectivity index (χ4n) is 1.78. The molecular weight excluding hydrogens is 310 g/mol. The summed E-state index contributed by atoms with van der Waals surface area (Å²) in [6.45, 7) is 1.93. The number of halogens is 1. The van der Waals surface area contributed by atoms with Gasteiger partial charge in [-0.3, -0.25) is 0 Å². The Hall–Kier alpha value is -0.890. The molecule has 0 spiro atoms. The van der Waals surface area contributed by atoms with Gasteiger partial charge < -0.3 is 5.11 Å². The molecule has 0 atom stereocenters. The first-order valence-corrected chi connectivity index (χ1v) is 7.48. The van der Waals surface area contributed by atoms with Crippen molar-refractivity contribution in [2.75, 3.05) is 6.61 Å². The molecule has 0 radical (unpaired) electrons. The lowest BCUT2D eigenvalue weighted by molar-refractivity contribution is 0.318. The molecule has 4 heteroatoms. The summed E-state index contributed by atoms with van der Waals surface area (Å²) in [5.41, 5.74) is -0.143.